The summed E-state index contributed by atoms with van der Waals surface area (Å²) in [6, 6.07) is 8.01. The lowest BCUT2D eigenvalue weighted by Gasteiger charge is -2.21. The van der Waals surface area contributed by atoms with Crippen molar-refractivity contribution in [2.75, 3.05) is 27.7 Å². The predicted octanol–water partition coefficient (Wildman–Crippen LogP) is 1.98. The van der Waals surface area contributed by atoms with E-state index in [-0.39, 0.29) is 28.6 Å². The number of rotatable bonds is 5. The summed E-state index contributed by atoms with van der Waals surface area (Å²) in [5, 5.41) is 12.4. The van der Waals surface area contributed by atoms with E-state index in [4.69, 9.17) is 5.73 Å². The third kappa shape index (κ3) is 6.20. The van der Waals surface area contributed by atoms with Gasteiger partial charge in [-0.05, 0) is 23.5 Å². The highest BCUT2D eigenvalue weighted by molar-refractivity contribution is 6.19. The molecule has 0 fully saturated rings. The first-order chi connectivity index (χ1) is 13.0. The lowest BCUT2D eigenvalue weighted by Crippen LogP contribution is -2.42. The first-order valence-electron chi connectivity index (χ1n) is 9.19. The maximum Gasteiger partial charge on any atom is 0.198 e. The number of carbonyl (C=O) groups excluding carboxylic acids is 1. The molecule has 1 atom stereocenters. The molecule has 1 rings (SSSR count). The second-order valence-electron chi connectivity index (χ2n) is 7.81. The summed E-state index contributed by atoms with van der Waals surface area (Å²) in [6.07, 6.45) is 0.593. The van der Waals surface area contributed by atoms with Crippen molar-refractivity contribution in [3.05, 3.63) is 46.7 Å². The number of nitrogens with zero attached hydrogens (tertiary/aromatic N) is 3. The molecule has 1 unspecified atom stereocenters. The molecule has 0 aliphatic heterocycles. The highest BCUT2D eigenvalue weighted by Gasteiger charge is 2.17. The summed E-state index contributed by atoms with van der Waals surface area (Å²) in [7, 11) is 5.27. The molecule has 0 bridgehead atoms. The standard InChI is InChI=1S/C21H33N5O2/c1-14(15-8-10-16(11-9-15)21(2,3)4)24-19(17(12-27)18(22)13-28)25-20(23-5)26(6)7/h8-12,14,28H,13,22H2,1-7H3,(H,23,24,25). The van der Waals surface area contributed by atoms with Crippen LogP contribution in [0.5, 0.6) is 0 Å². The van der Waals surface area contributed by atoms with Crippen molar-refractivity contribution >= 4 is 18.1 Å². The fourth-order valence-electron chi connectivity index (χ4n) is 2.54. The molecule has 0 amide bonds. The Hall–Kier alpha value is -2.67. The number of aldehydes is 1. The highest BCUT2D eigenvalue weighted by atomic mass is 16.3. The van der Waals surface area contributed by atoms with Crippen LogP contribution in [0.15, 0.2) is 45.5 Å². The lowest BCUT2D eigenvalue weighted by atomic mass is 9.86. The van der Waals surface area contributed by atoms with Crippen LogP contribution in [-0.2, 0) is 10.2 Å². The van der Waals surface area contributed by atoms with Gasteiger partial charge in [0.15, 0.2) is 12.2 Å². The predicted molar refractivity (Wildman–Crippen MR) is 116 cm³/mol. The van der Waals surface area contributed by atoms with Crippen molar-refractivity contribution in [3.63, 3.8) is 0 Å². The molecule has 4 N–H and O–H groups in total. The van der Waals surface area contributed by atoms with Gasteiger partial charge in [0.25, 0.3) is 0 Å². The molecule has 0 saturated heterocycles. The fourth-order valence-corrected chi connectivity index (χ4v) is 2.54. The first kappa shape index (κ1) is 23.4. The number of hydrogen-bond acceptors (Lipinski definition) is 5. The van der Waals surface area contributed by atoms with E-state index in [2.05, 4.69) is 48.2 Å². The molecule has 1 aromatic rings. The summed E-state index contributed by atoms with van der Waals surface area (Å²) in [6.45, 7) is 7.99. The van der Waals surface area contributed by atoms with Gasteiger partial charge in [0.2, 0.25) is 0 Å². The number of aliphatic hydroxyl groups excluding tert-OH is 1. The average molecular weight is 388 g/mol. The Kier molecular flexibility index (Phi) is 8.37. The van der Waals surface area contributed by atoms with Crippen molar-refractivity contribution in [2.45, 2.75) is 39.2 Å². The second-order valence-corrected chi connectivity index (χ2v) is 7.81. The van der Waals surface area contributed by atoms with Crippen LogP contribution in [0.2, 0.25) is 0 Å². The topological polar surface area (TPSA) is 103 Å². The number of aliphatic imine (C=N–C) groups is 2. The van der Waals surface area contributed by atoms with E-state index in [0.717, 1.165) is 5.56 Å². The Bertz CT molecular complexity index is 756. The van der Waals surface area contributed by atoms with E-state index in [9.17, 15) is 9.90 Å². The van der Waals surface area contributed by atoms with Crippen LogP contribution in [0.1, 0.15) is 44.9 Å². The number of aliphatic hydroxyl groups is 1. The third-order valence-electron chi connectivity index (χ3n) is 4.34. The SMILES string of the molecule is CN=C(NC(=NC(C)c1ccc(C(C)(C)C)cc1)C(C=O)=C(N)CO)N(C)C. The number of nitrogens with one attached hydrogen (secondary N) is 1. The quantitative estimate of drug-likeness (QED) is 0.310. The average Bonchev–Trinajstić information content (AvgIpc) is 2.65. The first-order valence-corrected chi connectivity index (χ1v) is 9.19. The molecule has 0 aromatic heterocycles. The second kappa shape index (κ2) is 10.0. The van der Waals surface area contributed by atoms with Crippen molar-refractivity contribution in [2.24, 2.45) is 15.7 Å². The Morgan fingerprint density at radius 1 is 1.29 bits per heavy atom. The van der Waals surface area contributed by atoms with Crippen LogP contribution < -0.4 is 11.1 Å². The zero-order valence-electron chi connectivity index (χ0n) is 17.9. The summed E-state index contributed by atoms with van der Waals surface area (Å²) in [4.78, 5) is 22.2. The molecule has 0 aliphatic carbocycles. The van der Waals surface area contributed by atoms with Crippen LogP contribution in [0.3, 0.4) is 0 Å². The number of guanidine groups is 1. The van der Waals surface area contributed by atoms with Crippen molar-refractivity contribution in [3.8, 4) is 0 Å². The maximum atomic E-state index is 11.6. The van der Waals surface area contributed by atoms with E-state index < -0.39 is 6.61 Å². The van der Waals surface area contributed by atoms with Gasteiger partial charge in [0.05, 0.1) is 18.2 Å². The largest absolute Gasteiger partial charge is 0.399 e. The zero-order valence-corrected chi connectivity index (χ0v) is 17.9. The lowest BCUT2D eigenvalue weighted by molar-refractivity contribution is -0.104. The van der Waals surface area contributed by atoms with Crippen LogP contribution in [0.25, 0.3) is 0 Å². The van der Waals surface area contributed by atoms with Gasteiger partial charge >= 0.3 is 0 Å². The van der Waals surface area contributed by atoms with Crippen LogP contribution in [-0.4, -0.2) is 55.8 Å². The van der Waals surface area contributed by atoms with Gasteiger partial charge in [-0.1, -0.05) is 45.0 Å². The summed E-state index contributed by atoms with van der Waals surface area (Å²) in [5.41, 5.74) is 8.29. The molecule has 0 saturated carbocycles. The Morgan fingerprint density at radius 2 is 1.86 bits per heavy atom. The fraction of sp³-hybridized carbons (Fsp3) is 0.476. The third-order valence-corrected chi connectivity index (χ3v) is 4.34. The zero-order chi connectivity index (χ0) is 21.5. The van der Waals surface area contributed by atoms with Gasteiger partial charge in [-0.25, -0.2) is 0 Å². The van der Waals surface area contributed by atoms with E-state index in [1.807, 2.05) is 33.2 Å². The van der Waals surface area contributed by atoms with E-state index >= 15 is 0 Å². The maximum absolute atomic E-state index is 11.6. The van der Waals surface area contributed by atoms with Gasteiger partial charge in [-0.3, -0.25) is 14.8 Å². The van der Waals surface area contributed by atoms with Crippen LogP contribution in [0.4, 0.5) is 0 Å². The molecular formula is C21H33N5O2. The minimum Gasteiger partial charge on any atom is -0.399 e. The molecule has 7 nitrogen and oxygen atoms in total. The Labute approximate surface area is 168 Å². The van der Waals surface area contributed by atoms with Gasteiger partial charge in [0.1, 0.15) is 5.84 Å². The molecule has 154 valence electrons. The summed E-state index contributed by atoms with van der Waals surface area (Å²) < 4.78 is 0. The molecular weight excluding hydrogens is 354 g/mol. The van der Waals surface area contributed by atoms with Crippen molar-refractivity contribution in [1.29, 1.82) is 0 Å². The van der Waals surface area contributed by atoms with Gasteiger partial charge in [-0.2, -0.15) is 0 Å². The minimum absolute atomic E-state index is 0.0470. The van der Waals surface area contributed by atoms with Crippen LogP contribution >= 0.6 is 0 Å². The van der Waals surface area contributed by atoms with Gasteiger partial charge in [-0.15, -0.1) is 0 Å². The van der Waals surface area contributed by atoms with Crippen molar-refractivity contribution < 1.29 is 9.90 Å². The highest BCUT2D eigenvalue weighted by Crippen LogP contribution is 2.25. The molecule has 0 radical (unpaired) electrons. The molecule has 1 aromatic carbocycles. The molecule has 0 heterocycles. The smallest absolute Gasteiger partial charge is 0.198 e. The number of carbonyl (C=O) groups is 1. The van der Waals surface area contributed by atoms with Crippen LogP contribution in [0, 0.1) is 0 Å². The summed E-state index contributed by atoms with van der Waals surface area (Å²) >= 11 is 0. The van der Waals surface area contributed by atoms with Gasteiger partial charge < -0.3 is 21.1 Å². The molecule has 7 heteroatoms. The van der Waals surface area contributed by atoms with E-state index in [1.54, 1.807) is 11.9 Å². The van der Waals surface area contributed by atoms with Crippen molar-refractivity contribution in [1.82, 2.24) is 10.2 Å². The Morgan fingerprint density at radius 3 is 2.25 bits per heavy atom. The number of benzene rings is 1. The monoisotopic (exact) mass is 387 g/mol. The number of amidine groups is 1. The molecule has 28 heavy (non-hydrogen) atoms. The normalized spacial score (nSPS) is 15.0. The summed E-state index contributed by atoms with van der Waals surface area (Å²) in [5.74, 6) is 0.780. The molecule has 0 aliphatic rings. The minimum atomic E-state index is -0.440. The van der Waals surface area contributed by atoms with E-state index in [0.29, 0.717) is 12.2 Å². The van der Waals surface area contributed by atoms with Gasteiger partial charge in [0, 0.05) is 26.8 Å². The Balaban J connectivity index is 3.35. The number of hydrogen-bond donors (Lipinski definition) is 3. The van der Waals surface area contributed by atoms with E-state index in [1.165, 1.54) is 5.56 Å². The molecule has 0 spiro atoms. The number of nitrogens with two attached hydrogens (primary N) is 1.